The molecule has 142 valence electrons. The zero-order valence-electron chi connectivity index (χ0n) is 15.6. The van der Waals surface area contributed by atoms with E-state index in [4.69, 9.17) is 9.47 Å². The molecule has 2 aromatic rings. The van der Waals surface area contributed by atoms with Crippen LogP contribution in [0.25, 0.3) is 0 Å². The molecule has 2 aromatic heterocycles. The van der Waals surface area contributed by atoms with Crippen LogP contribution in [0.1, 0.15) is 41.7 Å². The fraction of sp³-hybridized carbons (Fsp3) is 0.476. The van der Waals surface area contributed by atoms with Crippen molar-refractivity contribution in [1.29, 1.82) is 0 Å². The SMILES string of the molecule is Cc1cccc(OC2CCOC3(CCN(C(=O)c4cccnc4)CC3)C2)n1. The molecule has 1 spiro atoms. The highest BCUT2D eigenvalue weighted by Gasteiger charge is 2.42. The van der Waals surface area contributed by atoms with E-state index in [0.29, 0.717) is 31.1 Å². The molecule has 1 unspecified atom stereocenters. The summed E-state index contributed by atoms with van der Waals surface area (Å²) in [4.78, 5) is 23.0. The number of carbonyl (C=O) groups is 1. The maximum atomic E-state index is 12.6. The molecule has 2 aliphatic heterocycles. The number of aryl methyl sites for hydroxylation is 1. The van der Waals surface area contributed by atoms with Gasteiger partial charge < -0.3 is 14.4 Å². The standard InChI is InChI=1S/C21H25N3O3/c1-16-4-2-6-19(23-16)27-18-7-13-26-21(14-18)8-11-24(12-9-21)20(25)17-5-3-10-22-15-17/h2-6,10,15,18H,7-9,11-14H2,1H3. The minimum Gasteiger partial charge on any atom is -0.474 e. The Balaban J connectivity index is 1.36. The average Bonchev–Trinajstić information content (AvgIpc) is 2.69. The summed E-state index contributed by atoms with van der Waals surface area (Å²) in [5.41, 5.74) is 1.40. The Labute approximate surface area is 159 Å². The van der Waals surface area contributed by atoms with Gasteiger partial charge >= 0.3 is 0 Å². The van der Waals surface area contributed by atoms with Gasteiger partial charge in [-0.15, -0.1) is 0 Å². The van der Waals surface area contributed by atoms with E-state index in [-0.39, 0.29) is 17.6 Å². The molecule has 27 heavy (non-hydrogen) atoms. The Morgan fingerprint density at radius 3 is 2.85 bits per heavy atom. The zero-order chi connectivity index (χ0) is 18.7. The van der Waals surface area contributed by atoms with Gasteiger partial charge in [0.25, 0.3) is 5.91 Å². The van der Waals surface area contributed by atoms with E-state index in [1.54, 1.807) is 18.5 Å². The van der Waals surface area contributed by atoms with Gasteiger partial charge in [0.15, 0.2) is 0 Å². The number of piperidine rings is 1. The van der Waals surface area contributed by atoms with Crippen LogP contribution < -0.4 is 4.74 Å². The smallest absolute Gasteiger partial charge is 0.255 e. The summed E-state index contributed by atoms with van der Waals surface area (Å²) in [6, 6.07) is 9.45. The summed E-state index contributed by atoms with van der Waals surface area (Å²) in [5.74, 6) is 0.728. The summed E-state index contributed by atoms with van der Waals surface area (Å²) in [6.07, 6.45) is 6.80. The third-order valence-electron chi connectivity index (χ3n) is 5.47. The van der Waals surface area contributed by atoms with Crippen LogP contribution in [0.15, 0.2) is 42.7 Å². The van der Waals surface area contributed by atoms with E-state index in [0.717, 1.165) is 31.4 Å². The predicted molar refractivity (Wildman–Crippen MR) is 101 cm³/mol. The first kappa shape index (κ1) is 17.9. The maximum absolute atomic E-state index is 12.6. The summed E-state index contributed by atoms with van der Waals surface area (Å²) < 4.78 is 12.3. The van der Waals surface area contributed by atoms with Gasteiger partial charge in [-0.1, -0.05) is 6.07 Å². The van der Waals surface area contributed by atoms with E-state index in [1.165, 1.54) is 0 Å². The highest BCUT2D eigenvalue weighted by Crippen LogP contribution is 2.36. The number of nitrogens with zero attached hydrogens (tertiary/aromatic N) is 3. The number of likely N-dealkylation sites (tertiary alicyclic amines) is 1. The van der Waals surface area contributed by atoms with Crippen molar-refractivity contribution in [2.45, 2.75) is 44.3 Å². The number of hydrogen-bond acceptors (Lipinski definition) is 5. The summed E-state index contributed by atoms with van der Waals surface area (Å²) in [7, 11) is 0. The van der Waals surface area contributed by atoms with Gasteiger partial charge in [0.1, 0.15) is 6.10 Å². The van der Waals surface area contributed by atoms with Crippen molar-refractivity contribution in [3.05, 3.63) is 54.0 Å². The average molecular weight is 367 g/mol. The van der Waals surface area contributed by atoms with Crippen LogP contribution in [-0.2, 0) is 4.74 Å². The van der Waals surface area contributed by atoms with Gasteiger partial charge in [-0.05, 0) is 38.0 Å². The number of pyridine rings is 2. The van der Waals surface area contributed by atoms with Crippen LogP contribution in [0.4, 0.5) is 0 Å². The van der Waals surface area contributed by atoms with E-state index in [9.17, 15) is 4.79 Å². The minimum absolute atomic E-state index is 0.0468. The van der Waals surface area contributed by atoms with Crippen molar-refractivity contribution in [1.82, 2.24) is 14.9 Å². The molecule has 0 aliphatic carbocycles. The number of rotatable bonds is 3. The molecular weight excluding hydrogens is 342 g/mol. The van der Waals surface area contributed by atoms with Gasteiger partial charge in [-0.2, -0.15) is 0 Å². The molecule has 2 saturated heterocycles. The van der Waals surface area contributed by atoms with Crippen LogP contribution in [0.3, 0.4) is 0 Å². The molecule has 0 N–H and O–H groups in total. The Kier molecular flexibility index (Phi) is 5.07. The number of carbonyl (C=O) groups excluding carboxylic acids is 1. The lowest BCUT2D eigenvalue weighted by molar-refractivity contribution is -0.135. The Morgan fingerprint density at radius 2 is 2.11 bits per heavy atom. The van der Waals surface area contributed by atoms with Gasteiger partial charge in [0.05, 0.1) is 17.8 Å². The van der Waals surface area contributed by atoms with Gasteiger partial charge in [0, 0.05) is 50.1 Å². The molecule has 0 aromatic carbocycles. The van der Waals surface area contributed by atoms with E-state index < -0.39 is 0 Å². The van der Waals surface area contributed by atoms with Gasteiger partial charge in [0.2, 0.25) is 5.88 Å². The van der Waals surface area contributed by atoms with Crippen LogP contribution in [0.2, 0.25) is 0 Å². The molecular formula is C21H25N3O3. The molecule has 6 heteroatoms. The largest absolute Gasteiger partial charge is 0.474 e. The van der Waals surface area contributed by atoms with Crippen molar-refractivity contribution in [3.63, 3.8) is 0 Å². The first-order valence-corrected chi connectivity index (χ1v) is 9.57. The van der Waals surface area contributed by atoms with E-state index in [2.05, 4.69) is 9.97 Å². The van der Waals surface area contributed by atoms with Crippen LogP contribution in [-0.4, -0.2) is 52.2 Å². The minimum atomic E-state index is -0.196. The van der Waals surface area contributed by atoms with Crippen LogP contribution >= 0.6 is 0 Å². The maximum Gasteiger partial charge on any atom is 0.255 e. The highest BCUT2D eigenvalue weighted by molar-refractivity contribution is 5.93. The van der Waals surface area contributed by atoms with E-state index >= 15 is 0 Å². The van der Waals surface area contributed by atoms with Gasteiger partial charge in [-0.25, -0.2) is 4.98 Å². The third kappa shape index (κ3) is 4.11. The lowest BCUT2D eigenvalue weighted by atomic mass is 9.83. The fourth-order valence-corrected chi connectivity index (χ4v) is 3.98. The quantitative estimate of drug-likeness (QED) is 0.834. The van der Waals surface area contributed by atoms with Crippen molar-refractivity contribution in [2.75, 3.05) is 19.7 Å². The Morgan fingerprint density at radius 1 is 1.26 bits per heavy atom. The highest BCUT2D eigenvalue weighted by atomic mass is 16.5. The summed E-state index contributed by atoms with van der Waals surface area (Å²) in [6.45, 7) is 4.05. The Bertz CT molecular complexity index is 788. The lowest BCUT2D eigenvalue weighted by Crippen LogP contribution is -2.52. The topological polar surface area (TPSA) is 64.6 Å². The van der Waals surface area contributed by atoms with E-state index in [1.807, 2.05) is 36.1 Å². The molecule has 6 nitrogen and oxygen atoms in total. The summed E-state index contributed by atoms with van der Waals surface area (Å²) >= 11 is 0. The Hall–Kier alpha value is -2.47. The monoisotopic (exact) mass is 367 g/mol. The zero-order valence-corrected chi connectivity index (χ0v) is 15.6. The summed E-state index contributed by atoms with van der Waals surface area (Å²) in [5, 5.41) is 0. The molecule has 4 heterocycles. The van der Waals surface area contributed by atoms with Crippen molar-refractivity contribution < 1.29 is 14.3 Å². The second-order valence-electron chi connectivity index (χ2n) is 7.42. The van der Waals surface area contributed by atoms with Crippen molar-refractivity contribution in [3.8, 4) is 5.88 Å². The molecule has 1 atom stereocenters. The lowest BCUT2D eigenvalue weighted by Gasteiger charge is -2.45. The first-order chi connectivity index (χ1) is 13.1. The predicted octanol–water partition coefficient (Wildman–Crippen LogP) is 3.02. The first-order valence-electron chi connectivity index (χ1n) is 9.57. The number of amides is 1. The number of ether oxygens (including phenoxy) is 2. The normalized spacial score (nSPS) is 21.8. The van der Waals surface area contributed by atoms with Gasteiger partial charge in [-0.3, -0.25) is 9.78 Å². The van der Waals surface area contributed by atoms with Crippen LogP contribution in [0.5, 0.6) is 5.88 Å². The molecule has 2 aliphatic rings. The molecule has 0 saturated carbocycles. The molecule has 2 fully saturated rings. The second-order valence-corrected chi connectivity index (χ2v) is 7.42. The van der Waals surface area contributed by atoms with Crippen molar-refractivity contribution >= 4 is 5.91 Å². The molecule has 0 radical (unpaired) electrons. The van der Waals surface area contributed by atoms with Crippen molar-refractivity contribution in [2.24, 2.45) is 0 Å². The van der Waals surface area contributed by atoms with Crippen LogP contribution in [0, 0.1) is 6.92 Å². The number of aromatic nitrogens is 2. The molecule has 4 rings (SSSR count). The number of hydrogen-bond donors (Lipinski definition) is 0. The third-order valence-corrected chi connectivity index (χ3v) is 5.47. The fourth-order valence-electron chi connectivity index (χ4n) is 3.98. The molecule has 1 amide bonds. The molecule has 0 bridgehead atoms. The second kappa shape index (κ2) is 7.64.